The van der Waals surface area contributed by atoms with Gasteiger partial charge in [0.15, 0.2) is 0 Å². The lowest BCUT2D eigenvalue weighted by Crippen LogP contribution is -2.62. The van der Waals surface area contributed by atoms with Gasteiger partial charge in [-0.3, -0.25) is 19.7 Å². The Morgan fingerprint density at radius 3 is 2.67 bits per heavy atom. The Balaban J connectivity index is 2.13. The zero-order valence-electron chi connectivity index (χ0n) is 11.7. The minimum atomic E-state index is -1.04. The van der Waals surface area contributed by atoms with Crippen LogP contribution >= 0.6 is 0 Å². The van der Waals surface area contributed by atoms with Gasteiger partial charge in [0.2, 0.25) is 11.8 Å². The molecule has 2 aliphatic rings. The molecule has 0 aromatic heterocycles. The van der Waals surface area contributed by atoms with E-state index in [-0.39, 0.29) is 19.8 Å². The minimum Gasteiger partial charge on any atom is -0.481 e. The summed E-state index contributed by atoms with van der Waals surface area (Å²) >= 11 is 0. The number of hydrogen-bond acceptors (Lipinski definition) is 5. The van der Waals surface area contributed by atoms with Gasteiger partial charge in [-0.25, -0.2) is 4.79 Å². The van der Waals surface area contributed by atoms with Crippen molar-refractivity contribution in [1.29, 1.82) is 0 Å². The molecule has 3 unspecified atom stereocenters. The molecule has 0 bridgehead atoms. The topological polar surface area (TPSA) is 116 Å². The Morgan fingerprint density at radius 1 is 1.38 bits per heavy atom. The number of rotatable bonds is 2. The van der Waals surface area contributed by atoms with Crippen LogP contribution in [0, 0.1) is 5.92 Å². The number of ether oxygens (including phenoxy) is 1. The Morgan fingerprint density at radius 2 is 2.05 bits per heavy atom. The highest BCUT2D eigenvalue weighted by atomic mass is 16.5. The third kappa shape index (κ3) is 2.82. The molecule has 4 amide bonds. The van der Waals surface area contributed by atoms with Crippen LogP contribution in [0.5, 0.6) is 0 Å². The van der Waals surface area contributed by atoms with Crippen LogP contribution in [0.3, 0.4) is 0 Å². The number of imide groups is 1. The lowest BCUT2D eigenvalue weighted by atomic mass is 10.0. The first-order valence-electron chi connectivity index (χ1n) is 6.50. The number of aliphatic carboxylic acids is 1. The molecule has 2 aliphatic heterocycles. The Labute approximate surface area is 120 Å². The SMILES string of the molecule is CC1C(=O)NC(=O)CN1C(=O)N(C)C1COCC1C(=O)O. The molecule has 0 radical (unpaired) electrons. The number of amides is 4. The number of likely N-dealkylation sites (N-methyl/N-ethyl adjacent to an activating group) is 1. The highest BCUT2D eigenvalue weighted by molar-refractivity contribution is 6.03. The van der Waals surface area contributed by atoms with Crippen LogP contribution in [0.4, 0.5) is 4.79 Å². The molecule has 2 N–H and O–H groups in total. The van der Waals surface area contributed by atoms with Crippen molar-refractivity contribution in [1.82, 2.24) is 15.1 Å². The number of urea groups is 1. The summed E-state index contributed by atoms with van der Waals surface area (Å²) in [6.45, 7) is 1.42. The molecule has 0 saturated carbocycles. The summed E-state index contributed by atoms with van der Waals surface area (Å²) in [7, 11) is 1.45. The maximum Gasteiger partial charge on any atom is 0.321 e. The summed E-state index contributed by atoms with van der Waals surface area (Å²) < 4.78 is 5.12. The number of nitrogens with one attached hydrogen (secondary N) is 1. The third-order valence-electron chi connectivity index (χ3n) is 3.84. The van der Waals surface area contributed by atoms with Crippen LogP contribution in [0.15, 0.2) is 0 Å². The summed E-state index contributed by atoms with van der Waals surface area (Å²) in [4.78, 5) is 48.9. The van der Waals surface area contributed by atoms with E-state index in [0.29, 0.717) is 0 Å². The van der Waals surface area contributed by atoms with E-state index in [1.807, 2.05) is 0 Å². The van der Waals surface area contributed by atoms with Crippen molar-refractivity contribution in [2.75, 3.05) is 26.8 Å². The lowest BCUT2D eigenvalue weighted by molar-refractivity contribution is -0.143. The van der Waals surface area contributed by atoms with Crippen LogP contribution in [-0.2, 0) is 19.1 Å². The molecule has 0 spiro atoms. The zero-order valence-corrected chi connectivity index (χ0v) is 11.7. The number of carbonyl (C=O) groups is 4. The van der Waals surface area contributed by atoms with E-state index in [1.54, 1.807) is 0 Å². The molecule has 9 nitrogen and oxygen atoms in total. The van der Waals surface area contributed by atoms with Gasteiger partial charge in [-0.1, -0.05) is 0 Å². The fourth-order valence-electron chi connectivity index (χ4n) is 2.45. The summed E-state index contributed by atoms with van der Waals surface area (Å²) in [6.07, 6.45) is 0. The molecule has 3 atom stereocenters. The lowest BCUT2D eigenvalue weighted by Gasteiger charge is -2.37. The van der Waals surface area contributed by atoms with E-state index in [1.165, 1.54) is 18.9 Å². The zero-order chi connectivity index (χ0) is 15.7. The highest BCUT2D eigenvalue weighted by Crippen LogP contribution is 2.21. The van der Waals surface area contributed by atoms with Crippen molar-refractivity contribution in [2.45, 2.75) is 19.0 Å². The summed E-state index contributed by atoms with van der Waals surface area (Å²) in [5, 5.41) is 11.3. The van der Waals surface area contributed by atoms with Crippen molar-refractivity contribution in [3.63, 3.8) is 0 Å². The third-order valence-corrected chi connectivity index (χ3v) is 3.84. The average Bonchev–Trinajstić information content (AvgIpc) is 2.90. The second-order valence-corrected chi connectivity index (χ2v) is 5.16. The fourth-order valence-corrected chi connectivity index (χ4v) is 2.45. The molecule has 0 aromatic carbocycles. The van der Waals surface area contributed by atoms with Gasteiger partial charge >= 0.3 is 12.0 Å². The fraction of sp³-hybridized carbons (Fsp3) is 0.667. The molecule has 9 heteroatoms. The molecule has 0 aromatic rings. The second kappa shape index (κ2) is 5.68. The van der Waals surface area contributed by atoms with Gasteiger partial charge in [-0.2, -0.15) is 0 Å². The van der Waals surface area contributed by atoms with Gasteiger partial charge in [-0.15, -0.1) is 0 Å². The number of piperazine rings is 1. The van der Waals surface area contributed by atoms with Crippen molar-refractivity contribution < 1.29 is 29.0 Å². The van der Waals surface area contributed by atoms with E-state index < -0.39 is 41.8 Å². The molecule has 116 valence electrons. The first kappa shape index (κ1) is 15.2. The normalized spacial score (nSPS) is 29.2. The van der Waals surface area contributed by atoms with Crippen molar-refractivity contribution in [3.05, 3.63) is 0 Å². The van der Waals surface area contributed by atoms with E-state index >= 15 is 0 Å². The van der Waals surface area contributed by atoms with Crippen LogP contribution in [-0.4, -0.2) is 77.6 Å². The average molecular weight is 299 g/mol. The quantitative estimate of drug-likeness (QED) is 0.598. The molecular formula is C12H17N3O6. The molecule has 0 aliphatic carbocycles. The smallest absolute Gasteiger partial charge is 0.321 e. The summed E-state index contributed by atoms with van der Waals surface area (Å²) in [6, 6.07) is -1.97. The van der Waals surface area contributed by atoms with E-state index in [4.69, 9.17) is 9.84 Å². The predicted octanol–water partition coefficient (Wildman–Crippen LogP) is -1.52. The maximum atomic E-state index is 12.4. The molecule has 2 saturated heterocycles. The van der Waals surface area contributed by atoms with Crippen molar-refractivity contribution in [2.24, 2.45) is 5.92 Å². The molecule has 2 rings (SSSR count). The van der Waals surface area contributed by atoms with Gasteiger partial charge in [0.25, 0.3) is 0 Å². The number of carbonyl (C=O) groups excluding carboxylic acids is 3. The van der Waals surface area contributed by atoms with Crippen LogP contribution in [0.1, 0.15) is 6.92 Å². The van der Waals surface area contributed by atoms with Crippen LogP contribution < -0.4 is 5.32 Å². The van der Waals surface area contributed by atoms with Gasteiger partial charge in [0.1, 0.15) is 18.5 Å². The van der Waals surface area contributed by atoms with Crippen molar-refractivity contribution >= 4 is 23.8 Å². The summed E-state index contributed by atoms with van der Waals surface area (Å²) in [5.74, 6) is -2.97. The van der Waals surface area contributed by atoms with Gasteiger partial charge in [-0.05, 0) is 6.92 Å². The molecule has 21 heavy (non-hydrogen) atoms. The number of nitrogens with zero attached hydrogens (tertiary/aromatic N) is 2. The van der Waals surface area contributed by atoms with Gasteiger partial charge in [0.05, 0.1) is 19.3 Å². The maximum absolute atomic E-state index is 12.4. The van der Waals surface area contributed by atoms with Gasteiger partial charge < -0.3 is 19.6 Å². The first-order chi connectivity index (χ1) is 9.82. The molecule has 2 fully saturated rings. The first-order valence-corrected chi connectivity index (χ1v) is 6.50. The van der Waals surface area contributed by atoms with Crippen LogP contribution in [0.2, 0.25) is 0 Å². The second-order valence-electron chi connectivity index (χ2n) is 5.16. The number of hydrogen-bond donors (Lipinski definition) is 2. The largest absolute Gasteiger partial charge is 0.481 e. The van der Waals surface area contributed by atoms with Crippen molar-refractivity contribution in [3.8, 4) is 0 Å². The standard InChI is InChI=1S/C12H17N3O6/c1-6-10(17)13-9(16)3-15(6)12(20)14(2)8-5-21-4-7(8)11(18)19/h6-8H,3-5H2,1-2H3,(H,18,19)(H,13,16,17). The Bertz CT molecular complexity index is 493. The minimum absolute atomic E-state index is 0.0343. The number of carboxylic acid groups (broad SMARTS) is 1. The Kier molecular flexibility index (Phi) is 4.12. The molecule has 2 heterocycles. The Hall–Kier alpha value is -2.16. The van der Waals surface area contributed by atoms with E-state index in [0.717, 1.165) is 4.90 Å². The monoisotopic (exact) mass is 299 g/mol. The van der Waals surface area contributed by atoms with Gasteiger partial charge in [0, 0.05) is 7.05 Å². The number of carboxylic acids is 1. The summed E-state index contributed by atoms with van der Waals surface area (Å²) in [5.41, 5.74) is 0. The van der Waals surface area contributed by atoms with Crippen LogP contribution in [0.25, 0.3) is 0 Å². The predicted molar refractivity (Wildman–Crippen MR) is 68.2 cm³/mol. The highest BCUT2D eigenvalue weighted by Gasteiger charge is 2.42. The van der Waals surface area contributed by atoms with E-state index in [2.05, 4.69) is 5.32 Å². The molecular weight excluding hydrogens is 282 g/mol. The van der Waals surface area contributed by atoms with E-state index in [9.17, 15) is 19.2 Å².